The lowest BCUT2D eigenvalue weighted by atomic mass is 10.0. The molecule has 0 bridgehead atoms. The molecule has 6 nitrogen and oxygen atoms in total. The third kappa shape index (κ3) is 5.12. The van der Waals surface area contributed by atoms with Gasteiger partial charge in [0.1, 0.15) is 0 Å². The number of para-hydroxylation sites is 2. The fourth-order valence-electron chi connectivity index (χ4n) is 7.61. The zero-order valence-electron chi connectivity index (χ0n) is 28.9. The molecule has 254 valence electrons. The molecule has 10 rings (SSSR count). The Labute approximate surface area is 309 Å². The lowest BCUT2D eigenvalue weighted by Crippen LogP contribution is -2.19. The van der Waals surface area contributed by atoms with Crippen molar-refractivity contribution in [2.45, 2.75) is 0 Å². The zero-order chi connectivity index (χ0) is 36.2. The van der Waals surface area contributed by atoms with Crippen molar-refractivity contribution in [3.63, 3.8) is 0 Å². The first kappa shape index (κ1) is 31.3. The third-order valence-corrected chi connectivity index (χ3v) is 10.2. The topological polar surface area (TPSA) is 69.8 Å². The van der Waals surface area contributed by atoms with Gasteiger partial charge in [0.2, 0.25) is 0 Å². The van der Waals surface area contributed by atoms with E-state index in [0.717, 1.165) is 72.0 Å². The maximum Gasteiger partial charge on any atom is 0.263 e. The van der Waals surface area contributed by atoms with Gasteiger partial charge in [0.05, 0.1) is 22.4 Å². The quantitative estimate of drug-likeness (QED) is 0.168. The normalized spacial score (nSPS) is 11.5. The number of nitrogens with zero attached hydrogens (tertiary/aromatic N) is 4. The molecule has 0 aliphatic rings. The summed E-state index contributed by atoms with van der Waals surface area (Å²) in [6.07, 6.45) is 0. The van der Waals surface area contributed by atoms with Crippen LogP contribution in [0.1, 0.15) is 0 Å². The summed E-state index contributed by atoms with van der Waals surface area (Å²) in [6.45, 7) is 0. The van der Waals surface area contributed by atoms with E-state index in [-0.39, 0.29) is 11.1 Å². The minimum Gasteiger partial charge on any atom is -0.276 e. The highest BCUT2D eigenvalue weighted by atomic mass is 16.1. The van der Waals surface area contributed by atoms with Crippen molar-refractivity contribution in [3.05, 3.63) is 203 Å². The van der Waals surface area contributed by atoms with Crippen molar-refractivity contribution < 1.29 is 0 Å². The molecule has 7 aromatic carbocycles. The van der Waals surface area contributed by atoms with E-state index >= 15 is 0 Å². The minimum absolute atomic E-state index is 0.0609. The SMILES string of the molecule is O=c1c2ccccc2c2cc(-c3cc(-c4ccccc4)nc(-c4ccc5c(c4)c4ccccc4c(=O)n5-c4ccccc4)n3)ccc2n1-c1ccccc1. The molecule has 0 spiro atoms. The first-order chi connectivity index (χ1) is 26.6. The van der Waals surface area contributed by atoms with Gasteiger partial charge in [-0.2, -0.15) is 0 Å². The van der Waals surface area contributed by atoms with E-state index in [2.05, 4.69) is 24.3 Å². The van der Waals surface area contributed by atoms with Gasteiger partial charge in [0.15, 0.2) is 5.82 Å². The molecule has 0 saturated carbocycles. The fraction of sp³-hybridized carbons (Fsp3) is 0. The van der Waals surface area contributed by atoms with Crippen LogP contribution in [0.15, 0.2) is 192 Å². The molecule has 0 aliphatic carbocycles. The molecule has 0 N–H and O–H groups in total. The first-order valence-corrected chi connectivity index (χ1v) is 17.8. The zero-order valence-corrected chi connectivity index (χ0v) is 28.9. The molecule has 0 aliphatic heterocycles. The van der Waals surface area contributed by atoms with Crippen LogP contribution in [0.2, 0.25) is 0 Å². The van der Waals surface area contributed by atoms with Gasteiger partial charge in [0, 0.05) is 49.6 Å². The fourth-order valence-corrected chi connectivity index (χ4v) is 7.61. The molecule has 3 aromatic heterocycles. The van der Waals surface area contributed by atoms with Crippen LogP contribution < -0.4 is 11.1 Å². The Hall–Kier alpha value is -7.44. The van der Waals surface area contributed by atoms with Gasteiger partial charge in [0.25, 0.3) is 11.1 Å². The van der Waals surface area contributed by atoms with E-state index in [0.29, 0.717) is 16.6 Å². The molecule has 3 heterocycles. The molecule has 6 heteroatoms. The first-order valence-electron chi connectivity index (χ1n) is 17.8. The number of aromatic nitrogens is 4. The Kier molecular flexibility index (Phi) is 7.34. The smallest absolute Gasteiger partial charge is 0.263 e. The largest absolute Gasteiger partial charge is 0.276 e. The summed E-state index contributed by atoms with van der Waals surface area (Å²) in [5.74, 6) is 0.564. The highest BCUT2D eigenvalue weighted by Crippen LogP contribution is 2.34. The molecule has 0 amide bonds. The van der Waals surface area contributed by atoms with Crippen molar-refractivity contribution in [2.24, 2.45) is 0 Å². The van der Waals surface area contributed by atoms with Gasteiger partial charge >= 0.3 is 0 Å². The summed E-state index contributed by atoms with van der Waals surface area (Å²) >= 11 is 0. The summed E-state index contributed by atoms with van der Waals surface area (Å²) in [4.78, 5) is 38.2. The Bertz CT molecular complexity index is 3000. The van der Waals surface area contributed by atoms with Gasteiger partial charge < -0.3 is 0 Å². The molecule has 0 saturated heterocycles. The van der Waals surface area contributed by atoms with Crippen LogP contribution in [0.4, 0.5) is 0 Å². The maximum atomic E-state index is 13.9. The Morgan fingerprint density at radius 1 is 0.333 bits per heavy atom. The molecule has 10 aromatic rings. The van der Waals surface area contributed by atoms with Crippen LogP contribution in [0.3, 0.4) is 0 Å². The molecule has 0 radical (unpaired) electrons. The number of pyridine rings is 2. The molecule has 0 fully saturated rings. The number of hydrogen-bond acceptors (Lipinski definition) is 4. The van der Waals surface area contributed by atoms with Crippen LogP contribution in [-0.2, 0) is 0 Å². The van der Waals surface area contributed by atoms with Crippen molar-refractivity contribution in [3.8, 4) is 45.3 Å². The standard InChI is InChI=1S/C48H30N4O2/c53-47-38-22-12-10-20-36(38)40-28-32(24-26-44(40)51(47)34-16-6-2-7-17-34)43-30-42(31-14-4-1-5-15-31)49-46(50-43)33-25-27-45-41(29-33)37-21-11-13-23-39(37)48(54)52(45)35-18-8-3-9-19-35/h1-30H. The minimum atomic E-state index is -0.0665. The van der Waals surface area contributed by atoms with E-state index in [4.69, 9.17) is 9.97 Å². The summed E-state index contributed by atoms with van der Waals surface area (Å²) in [5.41, 5.74) is 7.34. The number of hydrogen-bond donors (Lipinski definition) is 0. The maximum absolute atomic E-state index is 13.9. The van der Waals surface area contributed by atoms with E-state index in [9.17, 15) is 9.59 Å². The van der Waals surface area contributed by atoms with Crippen LogP contribution in [0.25, 0.3) is 88.6 Å². The van der Waals surface area contributed by atoms with Crippen LogP contribution >= 0.6 is 0 Å². The second kappa shape index (κ2) is 12.7. The molecular formula is C48H30N4O2. The van der Waals surface area contributed by atoms with Gasteiger partial charge in [-0.3, -0.25) is 18.7 Å². The van der Waals surface area contributed by atoms with Gasteiger partial charge in [-0.15, -0.1) is 0 Å². The summed E-state index contributed by atoms with van der Waals surface area (Å²) in [6, 6.07) is 59.4. The van der Waals surface area contributed by atoms with Crippen molar-refractivity contribution in [1.29, 1.82) is 0 Å². The average Bonchev–Trinajstić information content (AvgIpc) is 3.24. The van der Waals surface area contributed by atoms with Gasteiger partial charge in [-0.05, 0) is 83.6 Å². The number of rotatable bonds is 5. The number of fused-ring (bicyclic) bond motifs is 6. The summed E-state index contributed by atoms with van der Waals surface area (Å²) in [5, 5.41) is 4.92. The van der Waals surface area contributed by atoms with E-state index in [1.807, 2.05) is 158 Å². The monoisotopic (exact) mass is 694 g/mol. The van der Waals surface area contributed by atoms with E-state index in [1.165, 1.54) is 0 Å². The predicted molar refractivity (Wildman–Crippen MR) is 220 cm³/mol. The summed E-state index contributed by atoms with van der Waals surface area (Å²) < 4.78 is 3.57. The summed E-state index contributed by atoms with van der Waals surface area (Å²) in [7, 11) is 0. The highest BCUT2D eigenvalue weighted by Gasteiger charge is 2.18. The van der Waals surface area contributed by atoms with Crippen molar-refractivity contribution in [1.82, 2.24) is 19.1 Å². The third-order valence-electron chi connectivity index (χ3n) is 10.2. The molecule has 0 atom stereocenters. The predicted octanol–water partition coefficient (Wildman–Crippen LogP) is 10.4. The highest BCUT2D eigenvalue weighted by molar-refractivity contribution is 6.08. The van der Waals surface area contributed by atoms with E-state index < -0.39 is 0 Å². The Morgan fingerprint density at radius 2 is 0.741 bits per heavy atom. The molecular weight excluding hydrogens is 665 g/mol. The van der Waals surface area contributed by atoms with Gasteiger partial charge in [-0.25, -0.2) is 9.97 Å². The molecule has 54 heavy (non-hydrogen) atoms. The second-order valence-corrected chi connectivity index (χ2v) is 13.3. The van der Waals surface area contributed by atoms with Crippen molar-refractivity contribution >= 4 is 43.4 Å². The van der Waals surface area contributed by atoms with Gasteiger partial charge in [-0.1, -0.05) is 109 Å². The van der Waals surface area contributed by atoms with Crippen LogP contribution in [0, 0.1) is 0 Å². The Balaban J connectivity index is 1.22. The average molecular weight is 695 g/mol. The number of benzene rings is 7. The lowest BCUT2D eigenvalue weighted by Gasteiger charge is -2.16. The van der Waals surface area contributed by atoms with Crippen LogP contribution in [-0.4, -0.2) is 19.1 Å². The second-order valence-electron chi connectivity index (χ2n) is 13.3. The van der Waals surface area contributed by atoms with Crippen LogP contribution in [0.5, 0.6) is 0 Å². The van der Waals surface area contributed by atoms with Crippen molar-refractivity contribution in [2.75, 3.05) is 0 Å². The Morgan fingerprint density at radius 3 is 1.26 bits per heavy atom. The lowest BCUT2D eigenvalue weighted by molar-refractivity contribution is 1.06. The molecule has 0 unspecified atom stereocenters. The van der Waals surface area contributed by atoms with E-state index in [1.54, 1.807) is 9.13 Å².